The van der Waals surface area contributed by atoms with Gasteiger partial charge in [-0.05, 0) is 30.7 Å². The molecule has 1 amide bonds. The molecule has 5 aromatic rings. The van der Waals surface area contributed by atoms with Crippen molar-refractivity contribution in [3.8, 4) is 28.5 Å². The topological polar surface area (TPSA) is 89.9 Å². The first kappa shape index (κ1) is 23.4. The minimum atomic E-state index is -0.318. The van der Waals surface area contributed by atoms with E-state index >= 15 is 0 Å². The van der Waals surface area contributed by atoms with Crippen LogP contribution in [0.3, 0.4) is 0 Å². The number of halogens is 1. The van der Waals surface area contributed by atoms with Crippen LogP contribution in [0.4, 0.5) is 0 Å². The third-order valence-corrected chi connectivity index (χ3v) is 5.84. The van der Waals surface area contributed by atoms with Crippen LogP contribution >= 0.6 is 11.6 Å². The molecule has 8 nitrogen and oxygen atoms in total. The fourth-order valence-electron chi connectivity index (χ4n) is 3.81. The third kappa shape index (κ3) is 4.89. The van der Waals surface area contributed by atoms with Gasteiger partial charge in [0.1, 0.15) is 0 Å². The number of nitrogens with zero attached hydrogens (tertiary/aromatic N) is 6. The number of carbonyl (C=O) groups is 1. The second-order valence-corrected chi connectivity index (χ2v) is 8.49. The largest absolute Gasteiger partial charge is 0.419 e. The van der Waals surface area contributed by atoms with Gasteiger partial charge in [0.05, 0.1) is 22.8 Å². The van der Waals surface area contributed by atoms with Crippen molar-refractivity contribution in [2.24, 2.45) is 0 Å². The zero-order valence-corrected chi connectivity index (χ0v) is 20.3. The van der Waals surface area contributed by atoms with Gasteiger partial charge in [-0.3, -0.25) is 4.79 Å². The standard InChI is InChI=1S/C27H23ClN6O2/c1-2-17-33(18-23-30-31-26(36-23)21-15-9-10-16-22(21)28)27(35)24-29-25(19-11-5-3-6-12-19)34(32-24)20-13-7-4-8-14-20/h3-16H,2,17-18H2,1H3. The number of hydrogen-bond acceptors (Lipinski definition) is 6. The van der Waals surface area contributed by atoms with Crippen molar-refractivity contribution in [2.75, 3.05) is 6.54 Å². The van der Waals surface area contributed by atoms with E-state index in [4.69, 9.17) is 16.0 Å². The summed E-state index contributed by atoms with van der Waals surface area (Å²) >= 11 is 6.26. The van der Waals surface area contributed by atoms with E-state index in [1.807, 2.05) is 79.7 Å². The SMILES string of the molecule is CCCN(Cc1nnc(-c2ccccc2Cl)o1)C(=O)c1nc(-c2ccccc2)n(-c2ccccc2)n1. The minimum Gasteiger partial charge on any atom is -0.419 e. The molecule has 0 aliphatic carbocycles. The highest BCUT2D eigenvalue weighted by Crippen LogP contribution is 2.27. The average molecular weight is 499 g/mol. The molecule has 5 rings (SSSR count). The molecule has 0 bridgehead atoms. The number of amides is 1. The fourth-order valence-corrected chi connectivity index (χ4v) is 4.03. The molecule has 0 aliphatic heterocycles. The minimum absolute atomic E-state index is 0.0944. The Bertz CT molecular complexity index is 1410. The van der Waals surface area contributed by atoms with Gasteiger partial charge in [-0.25, -0.2) is 9.67 Å². The lowest BCUT2D eigenvalue weighted by molar-refractivity contribution is 0.0716. The van der Waals surface area contributed by atoms with Crippen molar-refractivity contribution in [1.82, 2.24) is 29.9 Å². The molecule has 0 saturated heterocycles. The highest BCUT2D eigenvalue weighted by atomic mass is 35.5. The number of hydrogen-bond donors (Lipinski definition) is 0. The van der Waals surface area contributed by atoms with Gasteiger partial charge in [0.2, 0.25) is 17.6 Å². The Kier molecular flexibility index (Phi) is 6.86. The molecular formula is C27H23ClN6O2. The molecule has 0 spiro atoms. The molecule has 2 heterocycles. The number of aromatic nitrogens is 5. The van der Waals surface area contributed by atoms with Gasteiger partial charge >= 0.3 is 0 Å². The summed E-state index contributed by atoms with van der Waals surface area (Å²) < 4.78 is 7.52. The molecule has 9 heteroatoms. The van der Waals surface area contributed by atoms with Crippen molar-refractivity contribution in [1.29, 1.82) is 0 Å². The van der Waals surface area contributed by atoms with E-state index in [2.05, 4.69) is 20.3 Å². The van der Waals surface area contributed by atoms with Crippen LogP contribution in [0.1, 0.15) is 29.9 Å². The molecule has 36 heavy (non-hydrogen) atoms. The summed E-state index contributed by atoms with van der Waals surface area (Å²) in [6.45, 7) is 2.60. The quantitative estimate of drug-likeness (QED) is 0.273. The second-order valence-electron chi connectivity index (χ2n) is 8.08. The van der Waals surface area contributed by atoms with E-state index in [1.54, 1.807) is 21.7 Å². The maximum atomic E-state index is 13.6. The summed E-state index contributed by atoms with van der Waals surface area (Å²) in [6.07, 6.45) is 0.738. The van der Waals surface area contributed by atoms with Gasteiger partial charge < -0.3 is 9.32 Å². The Hall–Kier alpha value is -4.30. The Morgan fingerprint density at radius 3 is 2.36 bits per heavy atom. The fraction of sp³-hybridized carbons (Fsp3) is 0.148. The van der Waals surface area contributed by atoms with E-state index in [-0.39, 0.29) is 18.3 Å². The van der Waals surface area contributed by atoms with E-state index in [0.29, 0.717) is 34.7 Å². The maximum Gasteiger partial charge on any atom is 0.294 e. The smallest absolute Gasteiger partial charge is 0.294 e. The summed E-state index contributed by atoms with van der Waals surface area (Å²) in [5.74, 6) is 0.966. The molecule has 180 valence electrons. The maximum absolute atomic E-state index is 13.6. The van der Waals surface area contributed by atoms with Crippen molar-refractivity contribution in [3.05, 3.63) is 102 Å². The first-order valence-corrected chi connectivity index (χ1v) is 12.0. The van der Waals surface area contributed by atoms with Crippen molar-refractivity contribution in [2.45, 2.75) is 19.9 Å². The summed E-state index contributed by atoms with van der Waals surface area (Å²) in [6, 6.07) is 26.5. The Balaban J connectivity index is 1.46. The van der Waals surface area contributed by atoms with Gasteiger partial charge in [-0.2, -0.15) is 0 Å². The molecule has 0 aliphatic rings. The third-order valence-electron chi connectivity index (χ3n) is 5.51. The lowest BCUT2D eigenvalue weighted by Gasteiger charge is -2.18. The Morgan fingerprint density at radius 2 is 1.64 bits per heavy atom. The molecule has 3 aromatic carbocycles. The van der Waals surface area contributed by atoms with Gasteiger partial charge in [0.15, 0.2) is 5.82 Å². The number of benzene rings is 3. The molecule has 0 N–H and O–H groups in total. The van der Waals surface area contributed by atoms with Gasteiger partial charge in [-0.1, -0.05) is 79.2 Å². The predicted octanol–water partition coefficient (Wildman–Crippen LogP) is 5.69. The van der Waals surface area contributed by atoms with Crippen molar-refractivity contribution in [3.63, 3.8) is 0 Å². The summed E-state index contributed by atoms with van der Waals surface area (Å²) in [7, 11) is 0. The lowest BCUT2D eigenvalue weighted by atomic mass is 10.2. The zero-order chi connectivity index (χ0) is 24.9. The summed E-state index contributed by atoms with van der Waals surface area (Å²) in [5, 5.41) is 13.4. The van der Waals surface area contributed by atoms with Gasteiger partial charge in [0, 0.05) is 12.1 Å². The Labute approximate surface area is 213 Å². The lowest BCUT2D eigenvalue weighted by Crippen LogP contribution is -2.32. The highest BCUT2D eigenvalue weighted by molar-refractivity contribution is 6.33. The second kappa shape index (κ2) is 10.5. The highest BCUT2D eigenvalue weighted by Gasteiger charge is 2.25. The molecule has 0 fully saturated rings. The van der Waals surface area contributed by atoms with E-state index in [0.717, 1.165) is 17.7 Å². The van der Waals surface area contributed by atoms with Crippen molar-refractivity contribution < 1.29 is 9.21 Å². The molecule has 0 saturated carbocycles. The van der Waals surface area contributed by atoms with Crippen LogP contribution in [0.25, 0.3) is 28.5 Å². The van der Waals surface area contributed by atoms with Crippen LogP contribution < -0.4 is 0 Å². The Morgan fingerprint density at radius 1 is 0.944 bits per heavy atom. The molecule has 0 atom stereocenters. The summed E-state index contributed by atoms with van der Waals surface area (Å²) in [4.78, 5) is 19.8. The molecule has 2 aromatic heterocycles. The number of para-hydroxylation sites is 1. The first-order chi connectivity index (χ1) is 17.6. The monoisotopic (exact) mass is 498 g/mol. The summed E-state index contributed by atoms with van der Waals surface area (Å²) in [5.41, 5.74) is 2.31. The van der Waals surface area contributed by atoms with E-state index in [1.165, 1.54) is 0 Å². The van der Waals surface area contributed by atoms with Crippen LogP contribution in [-0.4, -0.2) is 42.3 Å². The molecular weight excluding hydrogens is 476 g/mol. The van der Waals surface area contributed by atoms with E-state index in [9.17, 15) is 4.79 Å². The van der Waals surface area contributed by atoms with Crippen LogP contribution in [0, 0.1) is 0 Å². The van der Waals surface area contributed by atoms with Crippen LogP contribution in [-0.2, 0) is 6.54 Å². The zero-order valence-electron chi connectivity index (χ0n) is 19.6. The van der Waals surface area contributed by atoms with Crippen molar-refractivity contribution >= 4 is 17.5 Å². The van der Waals surface area contributed by atoms with E-state index < -0.39 is 0 Å². The van der Waals surface area contributed by atoms with Crippen LogP contribution in [0.5, 0.6) is 0 Å². The van der Waals surface area contributed by atoms with Gasteiger partial charge in [-0.15, -0.1) is 15.3 Å². The molecule has 0 unspecified atom stereocenters. The predicted molar refractivity (Wildman–Crippen MR) is 137 cm³/mol. The van der Waals surface area contributed by atoms with Crippen LogP contribution in [0.2, 0.25) is 5.02 Å². The van der Waals surface area contributed by atoms with Crippen LogP contribution in [0.15, 0.2) is 89.3 Å². The number of rotatable bonds is 8. The molecule has 0 radical (unpaired) electrons. The average Bonchev–Trinajstić information content (AvgIpc) is 3.57. The number of carbonyl (C=O) groups excluding carboxylic acids is 1. The normalized spacial score (nSPS) is 10.9. The van der Waals surface area contributed by atoms with Gasteiger partial charge in [0.25, 0.3) is 5.91 Å². The first-order valence-electron chi connectivity index (χ1n) is 11.6.